The summed E-state index contributed by atoms with van der Waals surface area (Å²) in [4.78, 5) is 0. The van der Waals surface area contributed by atoms with Crippen LogP contribution >= 0.6 is 15.9 Å². The van der Waals surface area contributed by atoms with E-state index in [-0.39, 0.29) is 0 Å². The Morgan fingerprint density at radius 2 is 2.12 bits per heavy atom. The van der Waals surface area contributed by atoms with Gasteiger partial charge in [-0.15, -0.1) is 0 Å². The van der Waals surface area contributed by atoms with Gasteiger partial charge in [0.25, 0.3) is 0 Å². The summed E-state index contributed by atoms with van der Waals surface area (Å²) in [7, 11) is 0. The van der Waals surface area contributed by atoms with Crippen LogP contribution in [0.3, 0.4) is 0 Å². The molecule has 4 heteroatoms. The van der Waals surface area contributed by atoms with Crippen molar-refractivity contribution >= 4 is 21.7 Å². The molecule has 0 atom stereocenters. The van der Waals surface area contributed by atoms with Crippen LogP contribution in [0.25, 0.3) is 5.69 Å². The van der Waals surface area contributed by atoms with Gasteiger partial charge in [-0.05, 0) is 30.5 Å². The molecule has 0 unspecified atom stereocenters. The zero-order valence-corrected chi connectivity index (χ0v) is 11.6. The first-order valence-electron chi connectivity index (χ1n) is 5.66. The summed E-state index contributed by atoms with van der Waals surface area (Å²) in [5, 5.41) is 4.53. The second-order valence-corrected chi connectivity index (χ2v) is 5.47. The summed E-state index contributed by atoms with van der Waals surface area (Å²) in [5.41, 5.74) is 8.00. The minimum absolute atomic E-state index is 0.584. The van der Waals surface area contributed by atoms with Crippen LogP contribution in [0.15, 0.2) is 34.8 Å². The van der Waals surface area contributed by atoms with E-state index in [1.54, 1.807) is 4.68 Å². The van der Waals surface area contributed by atoms with E-state index in [4.69, 9.17) is 5.73 Å². The number of nitrogens with two attached hydrogens (primary N) is 1. The molecule has 0 radical (unpaired) electrons. The molecule has 0 aliphatic heterocycles. The predicted molar refractivity (Wildman–Crippen MR) is 74.2 cm³/mol. The zero-order valence-electron chi connectivity index (χ0n) is 10.0. The molecule has 0 saturated heterocycles. The van der Waals surface area contributed by atoms with Gasteiger partial charge in [0.05, 0.1) is 11.4 Å². The van der Waals surface area contributed by atoms with Gasteiger partial charge >= 0.3 is 0 Å². The number of rotatable bonds is 3. The number of hydrogen-bond acceptors (Lipinski definition) is 2. The molecule has 0 saturated carbocycles. The Hall–Kier alpha value is -1.29. The topological polar surface area (TPSA) is 43.8 Å². The summed E-state index contributed by atoms with van der Waals surface area (Å²) >= 11 is 3.45. The summed E-state index contributed by atoms with van der Waals surface area (Å²) in [5.74, 6) is 1.26. The van der Waals surface area contributed by atoms with Gasteiger partial charge in [-0.25, -0.2) is 4.68 Å². The van der Waals surface area contributed by atoms with Crippen LogP contribution in [0.5, 0.6) is 0 Å². The van der Waals surface area contributed by atoms with Crippen LogP contribution in [-0.2, 0) is 6.42 Å². The van der Waals surface area contributed by atoms with E-state index >= 15 is 0 Å². The molecule has 0 bridgehead atoms. The summed E-state index contributed by atoms with van der Waals surface area (Å²) in [6.07, 6.45) is 0.950. The number of aromatic nitrogens is 2. The van der Waals surface area contributed by atoms with Gasteiger partial charge in [0, 0.05) is 10.5 Å². The summed E-state index contributed by atoms with van der Waals surface area (Å²) in [6, 6.07) is 9.90. The highest BCUT2D eigenvalue weighted by molar-refractivity contribution is 9.10. The van der Waals surface area contributed by atoms with E-state index in [2.05, 4.69) is 34.9 Å². The number of nitrogens with zero attached hydrogens (tertiary/aromatic N) is 2. The molecular formula is C13H16BrN3. The first-order chi connectivity index (χ1) is 8.06. The number of hydrogen-bond donors (Lipinski definition) is 1. The lowest BCUT2D eigenvalue weighted by molar-refractivity contribution is 0.628. The van der Waals surface area contributed by atoms with Gasteiger partial charge < -0.3 is 5.73 Å². The highest BCUT2D eigenvalue weighted by Gasteiger charge is 2.08. The fourth-order valence-corrected chi connectivity index (χ4v) is 2.17. The highest BCUT2D eigenvalue weighted by Crippen LogP contribution is 2.19. The third kappa shape index (κ3) is 2.88. The second-order valence-electron chi connectivity index (χ2n) is 4.55. The molecule has 0 amide bonds. The van der Waals surface area contributed by atoms with E-state index in [0.717, 1.165) is 22.3 Å². The fraction of sp³-hybridized carbons (Fsp3) is 0.308. The average molecular weight is 294 g/mol. The van der Waals surface area contributed by atoms with E-state index in [0.29, 0.717) is 11.7 Å². The minimum atomic E-state index is 0.584. The van der Waals surface area contributed by atoms with Crippen molar-refractivity contribution in [2.24, 2.45) is 5.92 Å². The third-order valence-corrected chi connectivity index (χ3v) is 2.95. The van der Waals surface area contributed by atoms with Gasteiger partial charge in [-0.3, -0.25) is 0 Å². The van der Waals surface area contributed by atoms with Crippen LogP contribution in [0.4, 0.5) is 5.82 Å². The SMILES string of the molecule is CC(C)Cc1cc(N)n(-c2cccc(Br)c2)n1. The Balaban J connectivity index is 2.36. The molecule has 1 aromatic heterocycles. The van der Waals surface area contributed by atoms with E-state index < -0.39 is 0 Å². The Bertz CT molecular complexity index is 517. The van der Waals surface area contributed by atoms with Crippen molar-refractivity contribution in [3.8, 4) is 5.69 Å². The molecular weight excluding hydrogens is 278 g/mol. The maximum atomic E-state index is 5.98. The van der Waals surface area contributed by atoms with Gasteiger partial charge in [-0.2, -0.15) is 5.10 Å². The van der Waals surface area contributed by atoms with Crippen molar-refractivity contribution in [1.82, 2.24) is 9.78 Å². The van der Waals surface area contributed by atoms with Crippen LogP contribution in [0.2, 0.25) is 0 Å². The Morgan fingerprint density at radius 3 is 2.76 bits per heavy atom. The van der Waals surface area contributed by atoms with Crippen LogP contribution < -0.4 is 5.73 Å². The smallest absolute Gasteiger partial charge is 0.127 e. The van der Waals surface area contributed by atoms with Crippen LogP contribution in [0, 0.1) is 5.92 Å². The normalized spacial score (nSPS) is 11.1. The number of halogens is 1. The average Bonchev–Trinajstić information content (AvgIpc) is 2.58. The molecule has 0 aliphatic carbocycles. The first-order valence-corrected chi connectivity index (χ1v) is 6.46. The predicted octanol–water partition coefficient (Wildman–Crippen LogP) is 3.42. The number of anilines is 1. The number of nitrogen functional groups attached to an aromatic ring is 1. The van der Waals surface area contributed by atoms with Crippen molar-refractivity contribution in [2.45, 2.75) is 20.3 Å². The lowest BCUT2D eigenvalue weighted by Gasteiger charge is -2.04. The number of benzene rings is 1. The highest BCUT2D eigenvalue weighted by atomic mass is 79.9. The molecule has 1 aromatic carbocycles. The zero-order chi connectivity index (χ0) is 12.4. The van der Waals surface area contributed by atoms with Crippen LogP contribution in [-0.4, -0.2) is 9.78 Å². The van der Waals surface area contributed by atoms with Crippen molar-refractivity contribution < 1.29 is 0 Å². The lowest BCUT2D eigenvalue weighted by atomic mass is 10.1. The Labute approximate surface area is 110 Å². The Kier molecular flexibility index (Phi) is 3.52. The quantitative estimate of drug-likeness (QED) is 0.942. The molecule has 90 valence electrons. The van der Waals surface area contributed by atoms with Crippen molar-refractivity contribution in [1.29, 1.82) is 0 Å². The largest absolute Gasteiger partial charge is 0.384 e. The third-order valence-electron chi connectivity index (χ3n) is 2.46. The molecule has 2 aromatic rings. The fourth-order valence-electron chi connectivity index (χ4n) is 1.78. The first kappa shape index (κ1) is 12.2. The second kappa shape index (κ2) is 4.92. The van der Waals surface area contributed by atoms with Crippen molar-refractivity contribution in [2.75, 3.05) is 5.73 Å². The lowest BCUT2D eigenvalue weighted by Crippen LogP contribution is -2.02. The monoisotopic (exact) mass is 293 g/mol. The van der Waals surface area contributed by atoms with E-state index in [1.807, 2.05) is 30.3 Å². The summed E-state index contributed by atoms with van der Waals surface area (Å²) in [6.45, 7) is 4.35. The minimum Gasteiger partial charge on any atom is -0.384 e. The molecule has 0 spiro atoms. The van der Waals surface area contributed by atoms with Gasteiger partial charge in [0.2, 0.25) is 0 Å². The molecule has 3 nitrogen and oxygen atoms in total. The molecule has 0 fully saturated rings. The molecule has 0 aliphatic rings. The molecule has 17 heavy (non-hydrogen) atoms. The maximum absolute atomic E-state index is 5.98. The van der Waals surface area contributed by atoms with Crippen molar-refractivity contribution in [3.63, 3.8) is 0 Å². The molecule has 1 heterocycles. The standard InChI is InChI=1S/C13H16BrN3/c1-9(2)6-11-8-13(15)17(16-11)12-5-3-4-10(14)7-12/h3-5,7-9H,6,15H2,1-2H3. The molecule has 2 N–H and O–H groups in total. The van der Waals surface area contributed by atoms with E-state index in [9.17, 15) is 0 Å². The maximum Gasteiger partial charge on any atom is 0.127 e. The molecule has 2 rings (SSSR count). The van der Waals surface area contributed by atoms with Gasteiger partial charge in [0.1, 0.15) is 5.82 Å². The van der Waals surface area contributed by atoms with Gasteiger partial charge in [0.15, 0.2) is 0 Å². The van der Waals surface area contributed by atoms with Crippen molar-refractivity contribution in [3.05, 3.63) is 40.5 Å². The Morgan fingerprint density at radius 1 is 1.35 bits per heavy atom. The van der Waals surface area contributed by atoms with Gasteiger partial charge in [-0.1, -0.05) is 35.8 Å². The summed E-state index contributed by atoms with van der Waals surface area (Å²) < 4.78 is 2.80. The van der Waals surface area contributed by atoms with Crippen LogP contribution in [0.1, 0.15) is 19.5 Å². The van der Waals surface area contributed by atoms with E-state index in [1.165, 1.54) is 0 Å².